The van der Waals surface area contributed by atoms with E-state index in [1.165, 1.54) is 9.20 Å². The molecule has 0 aromatic heterocycles. The Kier molecular flexibility index (Phi) is 7.04. The second-order valence-corrected chi connectivity index (χ2v) is 4.03. The number of hydrogen-bond acceptors (Lipinski definition) is 2. The molecule has 0 saturated carbocycles. The third kappa shape index (κ3) is 7.08. The van der Waals surface area contributed by atoms with Gasteiger partial charge in [0.05, 0.1) is 0 Å². The minimum Gasteiger partial charge on any atom is -0.165 e. The van der Waals surface area contributed by atoms with Crippen LogP contribution in [0.25, 0.3) is 0 Å². The zero-order valence-corrected chi connectivity index (χ0v) is 7.89. The Morgan fingerprint density at radius 2 is 2.38 bits per heavy atom. The molecule has 0 aromatic rings. The average molecular weight is 219 g/mol. The van der Waals surface area contributed by atoms with Crippen molar-refractivity contribution in [2.24, 2.45) is 0 Å². The summed E-state index contributed by atoms with van der Waals surface area (Å²) >= 11 is 10.4. The van der Waals surface area contributed by atoms with Gasteiger partial charge in [-0.15, -0.1) is 0 Å². The second kappa shape index (κ2) is 6.20. The Hall–Kier alpha value is 1.08. The van der Waals surface area contributed by atoms with Crippen LogP contribution in [0, 0.1) is 0 Å². The molecular weight excluding hydrogens is 209 g/mol. The topological polar surface area (TPSA) is 3.24 Å². The molecule has 1 nitrogen and oxygen atoms in total. The van der Waals surface area contributed by atoms with Crippen molar-refractivity contribution >= 4 is 39.7 Å². The lowest BCUT2D eigenvalue weighted by molar-refractivity contribution is 0.717. The lowest BCUT2D eigenvalue weighted by atomic mass is 10.5. The van der Waals surface area contributed by atoms with Gasteiger partial charge in [-0.05, 0) is 30.2 Å². The van der Waals surface area contributed by atoms with Gasteiger partial charge >= 0.3 is 0 Å². The molecule has 4 heteroatoms. The van der Waals surface area contributed by atoms with E-state index in [2.05, 4.69) is 22.4 Å². The molecule has 8 heavy (non-hydrogen) atoms. The Bertz CT molecular complexity index is 53.3. The Labute approximate surface area is 68.2 Å². The smallest absolute Gasteiger partial charge is 0.0289 e. The molecule has 0 rings (SSSR count). The minimum atomic E-state index is 0.905. The van der Waals surface area contributed by atoms with Crippen molar-refractivity contribution in [2.75, 3.05) is 18.6 Å². The third-order valence-corrected chi connectivity index (χ3v) is 1.90. The zero-order chi connectivity index (χ0) is 6.41. The highest BCUT2D eigenvalue weighted by Crippen LogP contribution is 2.04. The van der Waals surface area contributed by atoms with Crippen LogP contribution in [-0.4, -0.2) is 22.0 Å². The van der Waals surface area contributed by atoms with Crippen LogP contribution in [0.15, 0.2) is 0 Å². The van der Waals surface area contributed by atoms with Gasteiger partial charge in [0.15, 0.2) is 0 Å². The summed E-state index contributed by atoms with van der Waals surface area (Å²) in [7, 11) is 0. The van der Waals surface area contributed by atoms with E-state index in [1.54, 1.807) is 0 Å². The van der Waals surface area contributed by atoms with E-state index in [4.69, 9.17) is 11.8 Å². The van der Waals surface area contributed by atoms with E-state index >= 15 is 0 Å². The van der Waals surface area contributed by atoms with Gasteiger partial charge in [-0.1, -0.05) is 0 Å². The van der Waals surface area contributed by atoms with Crippen LogP contribution in [0.4, 0.5) is 0 Å². The molecule has 0 radical (unpaired) electrons. The molecule has 0 aromatic carbocycles. The molecule has 0 aliphatic heterocycles. The fourth-order valence-electron chi connectivity index (χ4n) is 0.328. The molecule has 0 amide bonds. The van der Waals surface area contributed by atoms with Crippen LogP contribution in [0.1, 0.15) is 6.42 Å². The van der Waals surface area contributed by atoms with Gasteiger partial charge in [0.25, 0.3) is 0 Å². The molecule has 0 bridgehead atoms. The van der Waals surface area contributed by atoms with Crippen LogP contribution in [0.5, 0.6) is 0 Å². The first-order chi connectivity index (χ1) is 3.77. The average Bonchev–Trinajstić information content (AvgIpc) is 1.66. The SMILES string of the molecule is CSCCCN(Cl)Br. The van der Waals surface area contributed by atoms with E-state index in [0.29, 0.717) is 0 Å². The zero-order valence-electron chi connectivity index (χ0n) is 4.73. The number of rotatable bonds is 4. The lowest BCUT2D eigenvalue weighted by Gasteiger charge is -2.00. The summed E-state index contributed by atoms with van der Waals surface area (Å²) in [6, 6.07) is 0. The molecule has 0 atom stereocenters. The normalized spacial score (nSPS) is 10.5. The largest absolute Gasteiger partial charge is 0.165 e. The molecule has 0 N–H and O–H groups in total. The molecule has 0 aliphatic carbocycles. The number of hydrogen-bond donors (Lipinski definition) is 0. The molecule has 0 unspecified atom stereocenters. The van der Waals surface area contributed by atoms with Gasteiger partial charge in [-0.25, -0.2) is 0 Å². The van der Waals surface area contributed by atoms with E-state index in [9.17, 15) is 0 Å². The van der Waals surface area contributed by atoms with E-state index in [0.717, 1.165) is 13.0 Å². The van der Waals surface area contributed by atoms with Gasteiger partial charge in [0.2, 0.25) is 0 Å². The predicted molar refractivity (Wildman–Crippen MR) is 44.5 cm³/mol. The predicted octanol–water partition coefficient (Wildman–Crippen LogP) is 2.51. The molecule has 0 spiro atoms. The second-order valence-electron chi connectivity index (χ2n) is 1.37. The van der Waals surface area contributed by atoms with Crippen molar-refractivity contribution in [1.29, 1.82) is 0 Å². The summed E-state index contributed by atoms with van der Waals surface area (Å²) < 4.78 is 1.50. The maximum absolute atomic E-state index is 5.45. The molecule has 50 valence electrons. The standard InChI is InChI=1S/C4H9BrClNS/c1-8-4-2-3-7(5)6/h2-4H2,1H3. The van der Waals surface area contributed by atoms with Crippen LogP contribution in [0.3, 0.4) is 0 Å². The van der Waals surface area contributed by atoms with Crippen LogP contribution < -0.4 is 0 Å². The third-order valence-electron chi connectivity index (χ3n) is 0.676. The van der Waals surface area contributed by atoms with Crippen LogP contribution >= 0.6 is 39.7 Å². The van der Waals surface area contributed by atoms with Crippen molar-refractivity contribution in [3.63, 3.8) is 0 Å². The summed E-state index contributed by atoms with van der Waals surface area (Å²) in [6.07, 6.45) is 3.22. The van der Waals surface area contributed by atoms with Gasteiger partial charge in [-0.2, -0.15) is 15.2 Å². The van der Waals surface area contributed by atoms with Gasteiger partial charge in [-0.3, -0.25) is 0 Å². The van der Waals surface area contributed by atoms with Crippen molar-refractivity contribution < 1.29 is 0 Å². The lowest BCUT2D eigenvalue weighted by Crippen LogP contribution is -1.99. The van der Waals surface area contributed by atoms with Crippen molar-refractivity contribution in [3.05, 3.63) is 0 Å². The van der Waals surface area contributed by atoms with E-state index < -0.39 is 0 Å². The molecule has 0 saturated heterocycles. The fraction of sp³-hybridized carbons (Fsp3) is 1.00. The number of halogens is 2. The monoisotopic (exact) mass is 217 g/mol. The first kappa shape index (κ1) is 9.08. The molecule has 0 fully saturated rings. The first-order valence-corrected chi connectivity index (χ1v) is 4.79. The summed E-state index contributed by atoms with van der Waals surface area (Å²) in [4.78, 5) is 0. The molecule has 0 aliphatic rings. The highest BCUT2D eigenvalue weighted by molar-refractivity contribution is 9.08. The molecule has 0 heterocycles. The Morgan fingerprint density at radius 1 is 1.75 bits per heavy atom. The maximum atomic E-state index is 5.45. The summed E-state index contributed by atoms with van der Waals surface area (Å²) in [5.41, 5.74) is 0. The van der Waals surface area contributed by atoms with Crippen molar-refractivity contribution in [3.8, 4) is 0 Å². The highest BCUT2D eigenvalue weighted by atomic mass is 79.9. The Morgan fingerprint density at radius 3 is 2.75 bits per heavy atom. The fourth-order valence-corrected chi connectivity index (χ4v) is 1.12. The maximum Gasteiger partial charge on any atom is 0.0289 e. The number of thioether (sulfide) groups is 1. The number of nitrogens with zero attached hydrogens (tertiary/aromatic N) is 1. The summed E-state index contributed by atoms with van der Waals surface area (Å²) in [5.74, 6) is 1.18. The van der Waals surface area contributed by atoms with Gasteiger partial charge in [0, 0.05) is 22.7 Å². The molecular formula is C4H9BrClNS. The van der Waals surface area contributed by atoms with Gasteiger partial charge < -0.3 is 0 Å². The van der Waals surface area contributed by atoms with Crippen LogP contribution in [0.2, 0.25) is 0 Å². The quantitative estimate of drug-likeness (QED) is 0.527. The highest BCUT2D eigenvalue weighted by Gasteiger charge is 1.91. The van der Waals surface area contributed by atoms with Crippen molar-refractivity contribution in [2.45, 2.75) is 6.42 Å². The summed E-state index contributed by atoms with van der Waals surface area (Å²) in [6.45, 7) is 0.905. The van der Waals surface area contributed by atoms with Gasteiger partial charge in [0.1, 0.15) is 0 Å². The van der Waals surface area contributed by atoms with Crippen molar-refractivity contribution in [1.82, 2.24) is 3.45 Å². The minimum absolute atomic E-state index is 0.905. The first-order valence-electron chi connectivity index (χ1n) is 2.35. The summed E-state index contributed by atoms with van der Waals surface area (Å²) in [5, 5.41) is 0. The Balaban J connectivity index is 2.72. The van der Waals surface area contributed by atoms with E-state index in [1.807, 2.05) is 11.8 Å². The van der Waals surface area contributed by atoms with Crippen LogP contribution in [-0.2, 0) is 0 Å². The van der Waals surface area contributed by atoms with E-state index in [-0.39, 0.29) is 0 Å².